The molecule has 6 nitrogen and oxygen atoms in total. The van der Waals surface area contributed by atoms with E-state index >= 15 is 0 Å². The van der Waals surface area contributed by atoms with Gasteiger partial charge in [0.15, 0.2) is 0 Å². The molecule has 0 unspecified atom stereocenters. The molecule has 7 heteroatoms. The molecule has 0 atom stereocenters. The summed E-state index contributed by atoms with van der Waals surface area (Å²) in [5.74, 6) is -1.43. The van der Waals surface area contributed by atoms with Crippen LogP contribution < -0.4 is 5.32 Å². The van der Waals surface area contributed by atoms with E-state index in [1.807, 2.05) is 0 Å². The van der Waals surface area contributed by atoms with Gasteiger partial charge >= 0.3 is 5.97 Å². The number of rotatable bonds is 4. The number of carboxylic acid groups (broad SMARTS) is 1. The highest BCUT2D eigenvalue weighted by Crippen LogP contribution is 2.24. The summed E-state index contributed by atoms with van der Waals surface area (Å²) in [6, 6.07) is 6.32. The van der Waals surface area contributed by atoms with Crippen molar-refractivity contribution >= 4 is 34.5 Å². The molecule has 3 N–H and O–H groups in total. The summed E-state index contributed by atoms with van der Waals surface area (Å²) >= 11 is 0.927. The predicted octanol–water partition coefficient (Wildman–Crippen LogP) is 2.51. The second-order valence-electron chi connectivity index (χ2n) is 4.19. The molecule has 0 radical (unpaired) electrons. The maximum Gasteiger partial charge on any atom is 0.340 e. The van der Waals surface area contributed by atoms with Gasteiger partial charge in [-0.25, -0.2) is 4.79 Å². The van der Waals surface area contributed by atoms with Gasteiger partial charge in [-0.3, -0.25) is 4.79 Å². The molecule has 1 heterocycles. The van der Waals surface area contributed by atoms with Crippen molar-refractivity contribution in [3.8, 4) is 5.75 Å². The minimum atomic E-state index is -1.13. The maximum atomic E-state index is 11.8. The van der Waals surface area contributed by atoms with E-state index in [1.165, 1.54) is 18.2 Å². The quantitative estimate of drug-likeness (QED) is 0.754. The lowest BCUT2D eigenvalue weighted by atomic mass is 10.2. The average molecular weight is 304 g/mol. The van der Waals surface area contributed by atoms with E-state index in [0.717, 1.165) is 17.1 Å². The van der Waals surface area contributed by atoms with Crippen LogP contribution in [0.4, 0.5) is 5.00 Å². The number of amides is 1. The van der Waals surface area contributed by atoms with Gasteiger partial charge in [-0.2, -0.15) is 4.37 Å². The van der Waals surface area contributed by atoms with Gasteiger partial charge < -0.3 is 15.5 Å². The average Bonchev–Trinajstić information content (AvgIpc) is 2.79. The van der Waals surface area contributed by atoms with Crippen LogP contribution in [0.3, 0.4) is 0 Å². The fourth-order valence-corrected chi connectivity index (χ4v) is 2.41. The Labute approximate surface area is 124 Å². The molecule has 0 aliphatic heterocycles. The Hall–Kier alpha value is -2.67. The summed E-state index contributed by atoms with van der Waals surface area (Å²) in [4.78, 5) is 22.8. The number of aromatic nitrogens is 1. The van der Waals surface area contributed by atoms with E-state index in [2.05, 4.69) is 9.69 Å². The van der Waals surface area contributed by atoms with E-state index < -0.39 is 11.9 Å². The summed E-state index contributed by atoms with van der Waals surface area (Å²) < 4.78 is 3.91. The fraction of sp³-hybridized carbons (Fsp3) is 0.0714. The number of phenolic OH excluding ortho intramolecular Hbond substituents is 1. The second-order valence-corrected chi connectivity index (χ2v) is 4.96. The lowest BCUT2D eigenvalue weighted by molar-refractivity contribution is -0.111. The van der Waals surface area contributed by atoms with Gasteiger partial charge in [0.2, 0.25) is 5.91 Å². The summed E-state index contributed by atoms with van der Waals surface area (Å²) in [6.45, 7) is 1.57. The van der Waals surface area contributed by atoms with E-state index in [-0.39, 0.29) is 16.3 Å². The summed E-state index contributed by atoms with van der Waals surface area (Å²) in [7, 11) is 0. The van der Waals surface area contributed by atoms with E-state index in [0.29, 0.717) is 5.69 Å². The van der Waals surface area contributed by atoms with Crippen molar-refractivity contribution in [2.24, 2.45) is 0 Å². The van der Waals surface area contributed by atoms with Crippen LogP contribution >= 0.6 is 11.5 Å². The minimum absolute atomic E-state index is 0.00591. The number of aromatic hydroxyl groups is 1. The first-order valence-corrected chi connectivity index (χ1v) is 6.72. The van der Waals surface area contributed by atoms with Crippen LogP contribution in [0.5, 0.6) is 5.75 Å². The molecule has 0 spiro atoms. The van der Waals surface area contributed by atoms with Gasteiger partial charge in [-0.15, -0.1) is 0 Å². The minimum Gasteiger partial charge on any atom is -0.508 e. The Balaban J connectivity index is 2.08. The summed E-state index contributed by atoms with van der Waals surface area (Å²) in [5.41, 5.74) is 1.11. The van der Waals surface area contributed by atoms with Crippen LogP contribution in [0.1, 0.15) is 21.6 Å². The number of nitrogens with one attached hydrogen (secondary N) is 1. The number of carbonyl (C=O) groups excluding carboxylic acids is 1. The first-order valence-electron chi connectivity index (χ1n) is 5.95. The molecule has 0 fully saturated rings. The van der Waals surface area contributed by atoms with Gasteiger partial charge in [0.25, 0.3) is 0 Å². The van der Waals surface area contributed by atoms with Crippen molar-refractivity contribution in [3.63, 3.8) is 0 Å². The first-order chi connectivity index (χ1) is 9.97. The number of hydrogen-bond acceptors (Lipinski definition) is 5. The molecule has 0 aliphatic carbocycles. The lowest BCUT2D eigenvalue weighted by Crippen LogP contribution is -2.10. The van der Waals surface area contributed by atoms with Crippen molar-refractivity contribution in [2.45, 2.75) is 6.92 Å². The van der Waals surface area contributed by atoms with Gasteiger partial charge in [-0.05, 0) is 42.2 Å². The number of benzene rings is 1. The number of hydrogen-bond donors (Lipinski definition) is 3. The lowest BCUT2D eigenvalue weighted by Gasteiger charge is -2.00. The van der Waals surface area contributed by atoms with Crippen LogP contribution in [0, 0.1) is 6.92 Å². The molecule has 1 aromatic heterocycles. The summed E-state index contributed by atoms with van der Waals surface area (Å²) in [5, 5.41) is 20.9. The molecule has 0 saturated heterocycles. The second kappa shape index (κ2) is 6.19. The fourth-order valence-electron chi connectivity index (χ4n) is 1.62. The van der Waals surface area contributed by atoms with Crippen LogP contribution in [0.25, 0.3) is 6.08 Å². The molecule has 108 valence electrons. The van der Waals surface area contributed by atoms with Crippen molar-refractivity contribution in [2.75, 3.05) is 5.32 Å². The Morgan fingerprint density at radius 3 is 2.57 bits per heavy atom. The SMILES string of the molecule is Cc1nsc(NC(=O)/C=C/c2ccc(O)cc2)c1C(=O)O. The summed E-state index contributed by atoms with van der Waals surface area (Å²) in [6.07, 6.45) is 2.84. The zero-order valence-corrected chi connectivity index (χ0v) is 11.8. The van der Waals surface area contributed by atoms with E-state index in [1.54, 1.807) is 25.1 Å². The number of aryl methyl sites for hydroxylation is 1. The van der Waals surface area contributed by atoms with Gasteiger partial charge in [0.05, 0.1) is 5.69 Å². The molecule has 0 bridgehead atoms. The van der Waals surface area contributed by atoms with Crippen molar-refractivity contribution in [1.29, 1.82) is 0 Å². The highest BCUT2D eigenvalue weighted by atomic mass is 32.1. The Morgan fingerprint density at radius 1 is 1.29 bits per heavy atom. The first kappa shape index (κ1) is 14.7. The number of aromatic carboxylic acids is 1. The molecule has 1 aromatic carbocycles. The third kappa shape index (κ3) is 3.67. The van der Waals surface area contributed by atoms with Crippen molar-refractivity contribution in [3.05, 3.63) is 47.2 Å². The van der Waals surface area contributed by atoms with Gasteiger partial charge in [-0.1, -0.05) is 12.1 Å². The number of carbonyl (C=O) groups is 2. The topological polar surface area (TPSA) is 99.5 Å². The van der Waals surface area contributed by atoms with E-state index in [4.69, 9.17) is 10.2 Å². The Kier molecular flexibility index (Phi) is 4.34. The number of phenols is 1. The van der Waals surface area contributed by atoms with E-state index in [9.17, 15) is 9.59 Å². The number of nitrogens with zero attached hydrogens (tertiary/aromatic N) is 1. The highest BCUT2D eigenvalue weighted by molar-refractivity contribution is 7.11. The maximum absolute atomic E-state index is 11.8. The molecule has 0 saturated carbocycles. The third-order valence-corrected chi connectivity index (χ3v) is 3.49. The smallest absolute Gasteiger partial charge is 0.340 e. The Bertz CT molecular complexity index is 704. The predicted molar refractivity (Wildman–Crippen MR) is 79.6 cm³/mol. The zero-order chi connectivity index (χ0) is 15.4. The van der Waals surface area contributed by atoms with Crippen LogP contribution in [-0.4, -0.2) is 26.5 Å². The normalized spacial score (nSPS) is 10.7. The molecular formula is C14H12N2O4S. The van der Waals surface area contributed by atoms with Crippen LogP contribution in [0.2, 0.25) is 0 Å². The van der Waals surface area contributed by atoms with Gasteiger partial charge in [0.1, 0.15) is 16.3 Å². The third-order valence-electron chi connectivity index (χ3n) is 2.63. The molecule has 1 amide bonds. The van der Waals surface area contributed by atoms with Crippen molar-refractivity contribution in [1.82, 2.24) is 4.37 Å². The molecular weight excluding hydrogens is 292 g/mol. The number of carboxylic acids is 1. The van der Waals surface area contributed by atoms with Gasteiger partial charge in [0, 0.05) is 6.08 Å². The largest absolute Gasteiger partial charge is 0.508 e. The standard InChI is InChI=1S/C14H12N2O4S/c1-8-12(14(19)20)13(21-16-8)15-11(18)7-4-9-2-5-10(17)6-3-9/h2-7,17H,1H3,(H,15,18)(H,19,20)/b7-4+. The van der Waals surface area contributed by atoms with Crippen LogP contribution in [-0.2, 0) is 4.79 Å². The monoisotopic (exact) mass is 304 g/mol. The molecule has 2 aromatic rings. The van der Waals surface area contributed by atoms with Crippen LogP contribution in [0.15, 0.2) is 30.3 Å². The highest BCUT2D eigenvalue weighted by Gasteiger charge is 2.18. The zero-order valence-electron chi connectivity index (χ0n) is 11.0. The molecule has 21 heavy (non-hydrogen) atoms. The van der Waals surface area contributed by atoms with Crippen molar-refractivity contribution < 1.29 is 19.8 Å². The Morgan fingerprint density at radius 2 is 1.95 bits per heavy atom. The number of anilines is 1. The molecule has 2 rings (SSSR count). The molecule has 0 aliphatic rings.